The van der Waals surface area contributed by atoms with Gasteiger partial charge in [0.05, 0.1) is 28.5 Å². The molecule has 0 radical (unpaired) electrons. The third-order valence-corrected chi connectivity index (χ3v) is 3.07. The Bertz CT molecular complexity index is 546. The fraction of sp³-hybridized carbons (Fsp3) is 0.300. The van der Waals surface area contributed by atoms with E-state index < -0.39 is 0 Å². The summed E-state index contributed by atoms with van der Waals surface area (Å²) < 4.78 is 4.22. The van der Waals surface area contributed by atoms with Gasteiger partial charge >= 0.3 is 0 Å². The molecular weight excluding hydrogens is 319 g/mol. The van der Waals surface area contributed by atoms with E-state index in [9.17, 15) is 4.79 Å². The molecule has 2 aromatic rings. The second-order valence-electron chi connectivity index (χ2n) is 3.35. The van der Waals surface area contributed by atoms with Crippen LogP contribution in [0.3, 0.4) is 0 Å². The first-order valence-corrected chi connectivity index (χ1v) is 5.99. The largest absolute Gasteiger partial charge is 0.333 e. The summed E-state index contributed by atoms with van der Waals surface area (Å²) >= 11 is 1.99. The minimum absolute atomic E-state index is 0.0144. The Morgan fingerprint density at radius 1 is 1.25 bits per heavy atom. The van der Waals surface area contributed by atoms with E-state index in [-0.39, 0.29) is 5.56 Å². The van der Waals surface area contributed by atoms with Gasteiger partial charge < -0.3 is 4.57 Å². The van der Waals surface area contributed by atoms with Gasteiger partial charge in [0.2, 0.25) is 0 Å². The molecule has 0 aliphatic heterocycles. The molecule has 0 saturated carbocycles. The van der Waals surface area contributed by atoms with E-state index in [2.05, 4.69) is 9.97 Å². The zero-order valence-corrected chi connectivity index (χ0v) is 11.0. The fourth-order valence-electron chi connectivity index (χ4n) is 1.48. The van der Waals surface area contributed by atoms with E-state index in [0.29, 0.717) is 10.1 Å². The maximum absolute atomic E-state index is 11.8. The van der Waals surface area contributed by atoms with Crippen LogP contribution < -0.4 is 5.56 Å². The molecule has 16 heavy (non-hydrogen) atoms. The van der Waals surface area contributed by atoms with Crippen LogP contribution >= 0.6 is 22.6 Å². The van der Waals surface area contributed by atoms with Crippen LogP contribution in [0.1, 0.15) is 12.6 Å². The van der Waals surface area contributed by atoms with Gasteiger partial charge in [0.1, 0.15) is 0 Å². The van der Waals surface area contributed by atoms with Gasteiger partial charge in [0.25, 0.3) is 5.56 Å². The van der Waals surface area contributed by atoms with Crippen molar-refractivity contribution in [3.63, 3.8) is 0 Å². The van der Waals surface area contributed by atoms with Gasteiger partial charge in [0.15, 0.2) is 0 Å². The highest BCUT2D eigenvalue weighted by molar-refractivity contribution is 14.1. The normalized spacial score (nSPS) is 10.6. The smallest absolute Gasteiger partial charge is 0.267 e. The first kappa shape index (κ1) is 11.3. The molecule has 0 spiro atoms. The second-order valence-corrected chi connectivity index (χ2v) is 4.51. The molecular formula is C10H11IN4O. The highest BCUT2D eigenvalue weighted by atomic mass is 127. The maximum Gasteiger partial charge on any atom is 0.267 e. The lowest BCUT2D eigenvalue weighted by molar-refractivity contribution is 0.646. The SMILES string of the molecule is CCn1cncc1Cn1cncc(I)c1=O. The van der Waals surface area contributed by atoms with Crippen LogP contribution in [-0.4, -0.2) is 19.1 Å². The summed E-state index contributed by atoms with van der Waals surface area (Å²) in [5, 5.41) is 0. The van der Waals surface area contributed by atoms with Crippen molar-refractivity contribution in [2.75, 3.05) is 0 Å². The molecule has 0 saturated heterocycles. The zero-order chi connectivity index (χ0) is 11.5. The average molecular weight is 330 g/mol. The molecule has 84 valence electrons. The first-order valence-electron chi connectivity index (χ1n) is 4.91. The topological polar surface area (TPSA) is 52.7 Å². The summed E-state index contributed by atoms with van der Waals surface area (Å²) in [6.45, 7) is 3.40. The molecule has 0 fully saturated rings. The van der Waals surface area contributed by atoms with E-state index in [0.717, 1.165) is 12.2 Å². The zero-order valence-electron chi connectivity index (χ0n) is 8.80. The summed E-state index contributed by atoms with van der Waals surface area (Å²) in [5.74, 6) is 0. The third-order valence-electron chi connectivity index (χ3n) is 2.33. The first-order chi connectivity index (χ1) is 7.72. The molecule has 0 amide bonds. The molecule has 0 aliphatic carbocycles. The highest BCUT2D eigenvalue weighted by Gasteiger charge is 2.05. The van der Waals surface area contributed by atoms with Gasteiger partial charge in [-0.3, -0.25) is 9.36 Å². The van der Waals surface area contributed by atoms with Crippen molar-refractivity contribution in [2.45, 2.75) is 20.0 Å². The molecule has 5 nitrogen and oxygen atoms in total. The monoisotopic (exact) mass is 330 g/mol. The van der Waals surface area contributed by atoms with Crippen LogP contribution in [0.4, 0.5) is 0 Å². The van der Waals surface area contributed by atoms with Crippen LogP contribution in [0.15, 0.2) is 29.8 Å². The van der Waals surface area contributed by atoms with Crippen molar-refractivity contribution in [2.24, 2.45) is 0 Å². The Hall–Kier alpha value is -1.18. The summed E-state index contributed by atoms with van der Waals surface area (Å²) in [6, 6.07) is 0. The Morgan fingerprint density at radius 3 is 2.69 bits per heavy atom. The molecule has 2 aromatic heterocycles. The Labute approximate surface area is 106 Å². The molecule has 6 heteroatoms. The number of aromatic nitrogens is 4. The second kappa shape index (κ2) is 4.77. The summed E-state index contributed by atoms with van der Waals surface area (Å²) in [7, 11) is 0. The van der Waals surface area contributed by atoms with Crippen LogP contribution in [0.25, 0.3) is 0 Å². The number of imidazole rings is 1. The van der Waals surface area contributed by atoms with Gasteiger partial charge in [-0.2, -0.15) is 0 Å². The van der Waals surface area contributed by atoms with Crippen LogP contribution in [-0.2, 0) is 13.1 Å². The van der Waals surface area contributed by atoms with Crippen LogP contribution in [0, 0.1) is 3.57 Å². The third kappa shape index (κ3) is 2.16. The average Bonchev–Trinajstić information content (AvgIpc) is 2.72. The van der Waals surface area contributed by atoms with E-state index in [1.54, 1.807) is 29.6 Å². The van der Waals surface area contributed by atoms with Crippen molar-refractivity contribution >= 4 is 22.6 Å². The number of rotatable bonds is 3. The van der Waals surface area contributed by atoms with Crippen molar-refractivity contribution in [1.82, 2.24) is 19.1 Å². The van der Waals surface area contributed by atoms with Gasteiger partial charge in [0, 0.05) is 18.9 Å². The molecule has 0 N–H and O–H groups in total. The van der Waals surface area contributed by atoms with Gasteiger partial charge in [-0.1, -0.05) is 0 Å². The predicted octanol–water partition coefficient (Wildman–Crippen LogP) is 1.11. The lowest BCUT2D eigenvalue weighted by Gasteiger charge is -2.07. The Kier molecular flexibility index (Phi) is 3.37. The number of hydrogen-bond acceptors (Lipinski definition) is 3. The van der Waals surface area contributed by atoms with E-state index in [1.807, 2.05) is 34.1 Å². The molecule has 2 rings (SSSR count). The van der Waals surface area contributed by atoms with Gasteiger partial charge in [-0.05, 0) is 29.5 Å². The Balaban J connectivity index is 2.34. The molecule has 2 heterocycles. The van der Waals surface area contributed by atoms with Crippen molar-refractivity contribution in [1.29, 1.82) is 0 Å². The van der Waals surface area contributed by atoms with Crippen molar-refractivity contribution < 1.29 is 0 Å². The van der Waals surface area contributed by atoms with Crippen molar-refractivity contribution in [3.8, 4) is 0 Å². The number of nitrogens with zero attached hydrogens (tertiary/aromatic N) is 4. The lowest BCUT2D eigenvalue weighted by atomic mass is 10.4. The maximum atomic E-state index is 11.8. The molecule has 0 aromatic carbocycles. The molecule has 0 bridgehead atoms. The number of halogens is 1. The number of hydrogen-bond donors (Lipinski definition) is 0. The van der Waals surface area contributed by atoms with Crippen LogP contribution in [0.2, 0.25) is 0 Å². The lowest BCUT2D eigenvalue weighted by Crippen LogP contribution is -2.23. The predicted molar refractivity (Wildman–Crippen MR) is 68.2 cm³/mol. The summed E-state index contributed by atoms with van der Waals surface area (Å²) in [4.78, 5) is 19.9. The van der Waals surface area contributed by atoms with E-state index in [1.165, 1.54) is 0 Å². The van der Waals surface area contributed by atoms with Gasteiger partial charge in [-0.25, -0.2) is 9.97 Å². The van der Waals surface area contributed by atoms with Crippen molar-refractivity contribution in [3.05, 3.63) is 44.7 Å². The Morgan fingerprint density at radius 2 is 1.94 bits per heavy atom. The molecule has 0 aliphatic rings. The standard InChI is InChI=1S/C10H11IN4O/c1-2-14-6-12-3-8(14)5-15-7-13-4-9(11)10(15)16/h3-4,6-7H,2,5H2,1H3. The summed E-state index contributed by atoms with van der Waals surface area (Å²) in [5.41, 5.74) is 0.993. The molecule has 0 atom stereocenters. The van der Waals surface area contributed by atoms with Crippen LogP contribution in [0.5, 0.6) is 0 Å². The minimum atomic E-state index is -0.0144. The summed E-state index contributed by atoms with van der Waals surface area (Å²) in [6.07, 6.45) is 6.66. The fourth-order valence-corrected chi connectivity index (χ4v) is 1.95. The molecule has 0 unspecified atom stereocenters. The minimum Gasteiger partial charge on any atom is -0.333 e. The van der Waals surface area contributed by atoms with E-state index >= 15 is 0 Å². The quantitative estimate of drug-likeness (QED) is 0.793. The van der Waals surface area contributed by atoms with Gasteiger partial charge in [-0.15, -0.1) is 0 Å². The number of aryl methyl sites for hydroxylation is 1. The van der Waals surface area contributed by atoms with E-state index in [4.69, 9.17) is 0 Å². The highest BCUT2D eigenvalue weighted by Crippen LogP contribution is 2.01.